The Hall–Kier alpha value is -3.42. The number of carbonyl (C=O) groups is 4. The number of hydrogen-bond donors (Lipinski definition) is 0. The Bertz CT molecular complexity index is 949. The van der Waals surface area contributed by atoms with E-state index in [2.05, 4.69) is 0 Å². The van der Waals surface area contributed by atoms with Gasteiger partial charge in [-0.15, -0.1) is 0 Å². The summed E-state index contributed by atoms with van der Waals surface area (Å²) in [5.74, 6) is -5.15. The molecule has 1 heterocycles. The molecule has 0 saturated carbocycles. The van der Waals surface area contributed by atoms with Crippen LogP contribution < -0.4 is 0 Å². The van der Waals surface area contributed by atoms with E-state index < -0.39 is 47.1 Å². The minimum atomic E-state index is -1.32. The molecule has 0 N–H and O–H groups in total. The van der Waals surface area contributed by atoms with Gasteiger partial charge in [0, 0.05) is 32.0 Å². The lowest BCUT2D eigenvalue weighted by Crippen LogP contribution is -2.58. The third kappa shape index (κ3) is 3.91. The van der Waals surface area contributed by atoms with Gasteiger partial charge in [-0.2, -0.15) is 0 Å². The largest absolute Gasteiger partial charge is 0.332 e. The van der Waals surface area contributed by atoms with E-state index in [4.69, 9.17) is 0 Å². The molecule has 8 heteroatoms. The summed E-state index contributed by atoms with van der Waals surface area (Å²) in [7, 11) is 2.51. The van der Waals surface area contributed by atoms with Crippen molar-refractivity contribution < 1.29 is 28.0 Å². The Kier molecular flexibility index (Phi) is 5.54. The Morgan fingerprint density at radius 3 is 1.79 bits per heavy atom. The predicted molar refractivity (Wildman–Crippen MR) is 98.9 cm³/mol. The monoisotopic (exact) mass is 400 g/mol. The molecule has 2 aromatic rings. The third-order valence-electron chi connectivity index (χ3n) is 5.04. The van der Waals surface area contributed by atoms with Crippen LogP contribution in [0.4, 0.5) is 13.6 Å². The van der Waals surface area contributed by atoms with Gasteiger partial charge in [0.25, 0.3) is 0 Å². The molecule has 6 nitrogen and oxygen atoms in total. The molecule has 0 aromatic heterocycles. The van der Waals surface area contributed by atoms with Gasteiger partial charge in [-0.1, -0.05) is 12.1 Å². The van der Waals surface area contributed by atoms with Crippen molar-refractivity contribution in [3.63, 3.8) is 0 Å². The molecule has 1 aliphatic heterocycles. The van der Waals surface area contributed by atoms with Crippen molar-refractivity contribution in [2.24, 2.45) is 5.92 Å². The maximum Gasteiger partial charge on any atom is 0.332 e. The predicted octanol–water partition coefficient (Wildman–Crippen LogP) is 2.99. The molecule has 150 valence electrons. The van der Waals surface area contributed by atoms with E-state index in [9.17, 15) is 28.0 Å². The minimum absolute atomic E-state index is 0.215. The van der Waals surface area contributed by atoms with E-state index in [-0.39, 0.29) is 12.0 Å². The standard InChI is InChI=1S/C21H18F2N2O4/c1-24-19(27)18(20(28)25(2)21(24)29)16(12-3-7-14(22)8-4-12)11-17(26)13-5-9-15(23)10-6-13/h3-10,16,18H,11H2,1-2H3. The van der Waals surface area contributed by atoms with Gasteiger partial charge < -0.3 is 0 Å². The highest BCUT2D eigenvalue weighted by Crippen LogP contribution is 2.34. The summed E-state index contributed by atoms with van der Waals surface area (Å²) in [5, 5.41) is 0. The molecule has 0 bridgehead atoms. The SMILES string of the molecule is CN1C(=O)C(C(CC(=O)c2ccc(F)cc2)c2ccc(F)cc2)C(=O)N(C)C1=O. The van der Waals surface area contributed by atoms with Crippen molar-refractivity contribution in [1.82, 2.24) is 9.80 Å². The van der Waals surface area contributed by atoms with Crippen molar-refractivity contribution >= 4 is 23.6 Å². The number of carbonyl (C=O) groups excluding carboxylic acids is 4. The molecule has 2 aromatic carbocycles. The first kappa shape index (κ1) is 20.3. The first-order valence-electron chi connectivity index (χ1n) is 8.84. The van der Waals surface area contributed by atoms with Crippen molar-refractivity contribution in [3.05, 3.63) is 71.3 Å². The zero-order chi connectivity index (χ0) is 21.3. The highest BCUT2D eigenvalue weighted by atomic mass is 19.1. The van der Waals surface area contributed by atoms with Crippen molar-refractivity contribution in [2.75, 3.05) is 14.1 Å². The molecular formula is C21H18F2N2O4. The summed E-state index contributed by atoms with van der Waals surface area (Å²) in [6, 6.07) is 9.26. The molecular weight excluding hydrogens is 382 g/mol. The Balaban J connectivity index is 2.01. The van der Waals surface area contributed by atoms with E-state index in [1.165, 1.54) is 50.5 Å². The molecule has 4 amide bonds. The maximum atomic E-state index is 13.4. The molecule has 1 fully saturated rings. The summed E-state index contributed by atoms with van der Waals surface area (Å²) in [4.78, 5) is 52.0. The van der Waals surface area contributed by atoms with Gasteiger partial charge in [0.15, 0.2) is 5.78 Å². The fourth-order valence-electron chi connectivity index (χ4n) is 3.37. The number of urea groups is 1. The number of imide groups is 2. The van der Waals surface area contributed by atoms with E-state index >= 15 is 0 Å². The number of ketones is 1. The fourth-order valence-corrected chi connectivity index (χ4v) is 3.37. The summed E-state index contributed by atoms with van der Waals surface area (Å²) in [5.41, 5.74) is 0.622. The second-order valence-electron chi connectivity index (χ2n) is 6.85. The molecule has 3 rings (SSSR count). The zero-order valence-corrected chi connectivity index (χ0v) is 15.8. The molecule has 29 heavy (non-hydrogen) atoms. The van der Waals surface area contributed by atoms with Gasteiger partial charge in [0.1, 0.15) is 17.6 Å². The summed E-state index contributed by atoms with van der Waals surface area (Å²) < 4.78 is 26.5. The first-order chi connectivity index (χ1) is 13.7. The summed E-state index contributed by atoms with van der Waals surface area (Å²) in [6.07, 6.45) is -0.255. The van der Waals surface area contributed by atoms with Crippen molar-refractivity contribution in [2.45, 2.75) is 12.3 Å². The third-order valence-corrected chi connectivity index (χ3v) is 5.04. The Labute approximate surface area is 165 Å². The normalized spacial score (nSPS) is 16.3. The van der Waals surface area contributed by atoms with Crippen LogP contribution in [0, 0.1) is 17.6 Å². The highest BCUT2D eigenvalue weighted by Gasteiger charge is 2.47. The Morgan fingerprint density at radius 1 is 0.862 bits per heavy atom. The van der Waals surface area contributed by atoms with Crippen LogP contribution in [0.3, 0.4) is 0 Å². The molecule has 1 unspecified atom stereocenters. The molecule has 1 saturated heterocycles. The molecule has 1 aliphatic rings. The number of amides is 4. The molecule has 0 spiro atoms. The van der Waals surface area contributed by atoms with E-state index in [1.54, 1.807) is 0 Å². The van der Waals surface area contributed by atoms with Crippen LogP contribution in [-0.4, -0.2) is 47.5 Å². The number of halogens is 2. The maximum absolute atomic E-state index is 13.4. The quantitative estimate of drug-likeness (QED) is 0.571. The molecule has 1 atom stereocenters. The molecule has 0 radical (unpaired) electrons. The lowest BCUT2D eigenvalue weighted by molar-refractivity contribution is -0.148. The topological polar surface area (TPSA) is 74.8 Å². The number of hydrogen-bond acceptors (Lipinski definition) is 4. The van der Waals surface area contributed by atoms with Crippen LogP contribution in [0.5, 0.6) is 0 Å². The second kappa shape index (κ2) is 7.90. The average molecular weight is 400 g/mol. The van der Waals surface area contributed by atoms with Gasteiger partial charge in [0.2, 0.25) is 11.8 Å². The van der Waals surface area contributed by atoms with E-state index in [0.717, 1.165) is 21.9 Å². The summed E-state index contributed by atoms with van der Waals surface area (Å²) >= 11 is 0. The van der Waals surface area contributed by atoms with Crippen LogP contribution in [-0.2, 0) is 9.59 Å². The molecule has 0 aliphatic carbocycles. The second-order valence-corrected chi connectivity index (χ2v) is 6.85. The van der Waals surface area contributed by atoms with Crippen molar-refractivity contribution in [3.8, 4) is 0 Å². The lowest BCUT2D eigenvalue weighted by atomic mass is 9.79. The smallest absolute Gasteiger partial charge is 0.294 e. The van der Waals surface area contributed by atoms with Crippen LogP contribution >= 0.6 is 0 Å². The number of nitrogens with zero attached hydrogens (tertiary/aromatic N) is 2. The van der Waals surface area contributed by atoms with E-state index in [1.807, 2.05) is 0 Å². The summed E-state index contributed by atoms with van der Waals surface area (Å²) in [6.45, 7) is 0. The van der Waals surface area contributed by atoms with Gasteiger partial charge in [0.05, 0.1) is 0 Å². The van der Waals surface area contributed by atoms with Gasteiger partial charge >= 0.3 is 6.03 Å². The van der Waals surface area contributed by atoms with E-state index in [0.29, 0.717) is 5.56 Å². The first-order valence-corrected chi connectivity index (χ1v) is 8.84. The van der Waals surface area contributed by atoms with Gasteiger partial charge in [-0.3, -0.25) is 24.2 Å². The Morgan fingerprint density at radius 2 is 1.31 bits per heavy atom. The van der Waals surface area contributed by atoms with Crippen LogP contribution in [0.25, 0.3) is 0 Å². The highest BCUT2D eigenvalue weighted by molar-refractivity contribution is 6.16. The number of benzene rings is 2. The number of Topliss-reactive ketones (excluding diaryl/α,β-unsaturated/α-hetero) is 1. The lowest BCUT2D eigenvalue weighted by Gasteiger charge is -2.36. The fraction of sp³-hybridized carbons (Fsp3) is 0.238. The van der Waals surface area contributed by atoms with Crippen LogP contribution in [0.2, 0.25) is 0 Å². The van der Waals surface area contributed by atoms with Gasteiger partial charge in [-0.05, 0) is 42.0 Å². The van der Waals surface area contributed by atoms with Crippen molar-refractivity contribution in [1.29, 1.82) is 0 Å². The number of rotatable bonds is 5. The average Bonchev–Trinajstić information content (AvgIpc) is 2.71. The number of barbiturate groups is 1. The van der Waals surface area contributed by atoms with Crippen LogP contribution in [0.1, 0.15) is 28.3 Å². The minimum Gasteiger partial charge on any atom is -0.294 e. The van der Waals surface area contributed by atoms with Crippen LogP contribution in [0.15, 0.2) is 48.5 Å². The zero-order valence-electron chi connectivity index (χ0n) is 15.8. The van der Waals surface area contributed by atoms with Gasteiger partial charge in [-0.25, -0.2) is 13.6 Å².